The highest BCUT2D eigenvalue weighted by Crippen LogP contribution is 2.21. The third-order valence-electron chi connectivity index (χ3n) is 2.75. The van der Waals surface area contributed by atoms with Gasteiger partial charge < -0.3 is 11.1 Å². The SMILES string of the molecule is CCC(CC)(NC(=O)CC(C)(C)C)C(N)=S. The molecule has 0 unspecified atom stereocenters. The van der Waals surface area contributed by atoms with Crippen LogP contribution in [0.4, 0.5) is 0 Å². The summed E-state index contributed by atoms with van der Waals surface area (Å²) >= 11 is 5.05. The number of carbonyl (C=O) groups excluding carboxylic acids is 1. The second kappa shape index (κ2) is 5.62. The molecule has 3 N–H and O–H groups in total. The molecule has 0 aliphatic carbocycles. The summed E-state index contributed by atoms with van der Waals surface area (Å²) in [6.07, 6.45) is 1.95. The molecule has 0 spiro atoms. The molecule has 0 aromatic carbocycles. The minimum atomic E-state index is -0.516. The van der Waals surface area contributed by atoms with Gasteiger partial charge in [0.25, 0.3) is 0 Å². The quantitative estimate of drug-likeness (QED) is 0.730. The van der Waals surface area contributed by atoms with Crippen LogP contribution in [0.25, 0.3) is 0 Å². The van der Waals surface area contributed by atoms with Crippen molar-refractivity contribution in [2.75, 3.05) is 0 Å². The Kier molecular flexibility index (Phi) is 5.39. The lowest BCUT2D eigenvalue weighted by molar-refractivity contribution is -0.124. The van der Waals surface area contributed by atoms with Gasteiger partial charge in [-0.05, 0) is 18.3 Å². The number of hydrogen-bond acceptors (Lipinski definition) is 2. The Balaban J connectivity index is 4.66. The first-order chi connectivity index (χ1) is 7.17. The molecule has 1 amide bonds. The van der Waals surface area contributed by atoms with Crippen LogP contribution in [0.1, 0.15) is 53.9 Å². The van der Waals surface area contributed by atoms with E-state index in [9.17, 15) is 4.79 Å². The maximum atomic E-state index is 11.9. The van der Waals surface area contributed by atoms with Gasteiger partial charge in [0.2, 0.25) is 5.91 Å². The summed E-state index contributed by atoms with van der Waals surface area (Å²) < 4.78 is 0. The Morgan fingerprint density at radius 3 is 1.94 bits per heavy atom. The van der Waals surface area contributed by atoms with Gasteiger partial charge in [0.05, 0.1) is 10.5 Å². The van der Waals surface area contributed by atoms with Crippen LogP contribution in [0, 0.1) is 5.41 Å². The average molecular weight is 244 g/mol. The molecule has 0 fully saturated rings. The van der Waals surface area contributed by atoms with E-state index in [-0.39, 0.29) is 11.3 Å². The molecule has 0 atom stereocenters. The van der Waals surface area contributed by atoms with E-state index in [1.165, 1.54) is 0 Å². The van der Waals surface area contributed by atoms with Crippen molar-refractivity contribution in [3.8, 4) is 0 Å². The summed E-state index contributed by atoms with van der Waals surface area (Å²) in [5, 5.41) is 2.98. The van der Waals surface area contributed by atoms with Crippen LogP contribution in [0.5, 0.6) is 0 Å². The maximum Gasteiger partial charge on any atom is 0.221 e. The lowest BCUT2D eigenvalue weighted by atomic mass is 9.89. The van der Waals surface area contributed by atoms with Crippen molar-refractivity contribution in [1.82, 2.24) is 5.32 Å². The van der Waals surface area contributed by atoms with Gasteiger partial charge >= 0.3 is 0 Å². The van der Waals surface area contributed by atoms with E-state index >= 15 is 0 Å². The summed E-state index contributed by atoms with van der Waals surface area (Å²) in [5.74, 6) is 0.0176. The van der Waals surface area contributed by atoms with E-state index in [2.05, 4.69) is 5.32 Å². The molecule has 0 aliphatic heterocycles. The topological polar surface area (TPSA) is 55.1 Å². The van der Waals surface area contributed by atoms with E-state index in [1.807, 2.05) is 34.6 Å². The van der Waals surface area contributed by atoms with Gasteiger partial charge in [0.15, 0.2) is 0 Å². The van der Waals surface area contributed by atoms with Gasteiger partial charge in [-0.15, -0.1) is 0 Å². The van der Waals surface area contributed by atoms with E-state index in [0.29, 0.717) is 11.4 Å². The standard InChI is InChI=1S/C12H24N2OS/c1-6-12(7-2,10(13)16)14-9(15)8-11(3,4)5/h6-8H2,1-5H3,(H2,13,16)(H,14,15). The molecule has 0 bridgehead atoms. The molecule has 16 heavy (non-hydrogen) atoms. The first kappa shape index (κ1) is 15.4. The summed E-state index contributed by atoms with van der Waals surface area (Å²) in [4.78, 5) is 12.2. The number of amides is 1. The van der Waals surface area contributed by atoms with Crippen LogP contribution in [0.15, 0.2) is 0 Å². The van der Waals surface area contributed by atoms with E-state index < -0.39 is 5.54 Å². The Labute approximate surface area is 104 Å². The fraction of sp³-hybridized carbons (Fsp3) is 0.833. The maximum absolute atomic E-state index is 11.9. The number of nitrogens with one attached hydrogen (secondary N) is 1. The number of hydrogen-bond donors (Lipinski definition) is 2. The van der Waals surface area contributed by atoms with Gasteiger partial charge in [-0.2, -0.15) is 0 Å². The number of rotatable bonds is 5. The van der Waals surface area contributed by atoms with E-state index in [0.717, 1.165) is 12.8 Å². The normalized spacial score (nSPS) is 12.3. The monoisotopic (exact) mass is 244 g/mol. The van der Waals surface area contributed by atoms with Crippen LogP contribution in [-0.2, 0) is 4.79 Å². The number of carbonyl (C=O) groups is 1. The summed E-state index contributed by atoms with van der Waals surface area (Å²) in [6.45, 7) is 10.1. The van der Waals surface area contributed by atoms with Crippen molar-refractivity contribution in [1.29, 1.82) is 0 Å². The molecule has 3 nitrogen and oxygen atoms in total. The highest BCUT2D eigenvalue weighted by atomic mass is 32.1. The van der Waals surface area contributed by atoms with Gasteiger partial charge in [0.1, 0.15) is 0 Å². The summed E-state index contributed by atoms with van der Waals surface area (Å²) in [7, 11) is 0. The minimum Gasteiger partial charge on any atom is -0.391 e. The third kappa shape index (κ3) is 4.47. The number of nitrogens with two attached hydrogens (primary N) is 1. The van der Waals surface area contributed by atoms with Crippen molar-refractivity contribution in [2.24, 2.45) is 11.1 Å². The van der Waals surface area contributed by atoms with Crippen molar-refractivity contribution in [3.63, 3.8) is 0 Å². The fourth-order valence-electron chi connectivity index (χ4n) is 1.63. The van der Waals surface area contributed by atoms with E-state index in [4.69, 9.17) is 18.0 Å². The third-order valence-corrected chi connectivity index (χ3v) is 3.14. The van der Waals surface area contributed by atoms with Crippen LogP contribution >= 0.6 is 12.2 Å². The molecule has 0 aliphatic rings. The molecule has 0 rings (SSSR count). The van der Waals surface area contributed by atoms with Crippen LogP contribution in [0.2, 0.25) is 0 Å². The van der Waals surface area contributed by atoms with Crippen molar-refractivity contribution < 1.29 is 4.79 Å². The summed E-state index contributed by atoms with van der Waals surface area (Å²) in [6, 6.07) is 0. The zero-order valence-corrected chi connectivity index (χ0v) is 11.8. The Morgan fingerprint density at radius 2 is 1.69 bits per heavy atom. The van der Waals surface area contributed by atoms with Gasteiger partial charge in [-0.3, -0.25) is 4.79 Å². The predicted octanol–water partition coefficient (Wildman–Crippen LogP) is 2.38. The van der Waals surface area contributed by atoms with Gasteiger partial charge in [-0.25, -0.2) is 0 Å². The highest BCUT2D eigenvalue weighted by molar-refractivity contribution is 7.80. The Bertz CT molecular complexity index is 265. The van der Waals surface area contributed by atoms with Crippen LogP contribution in [-0.4, -0.2) is 16.4 Å². The molecule has 0 saturated carbocycles. The van der Waals surface area contributed by atoms with Gasteiger partial charge in [-0.1, -0.05) is 46.8 Å². The first-order valence-electron chi connectivity index (χ1n) is 5.78. The molecule has 4 heteroatoms. The minimum absolute atomic E-state index is 0.0176. The largest absolute Gasteiger partial charge is 0.391 e. The van der Waals surface area contributed by atoms with Crippen molar-refractivity contribution in [2.45, 2.75) is 59.4 Å². The fourth-order valence-corrected chi connectivity index (χ4v) is 1.97. The van der Waals surface area contributed by atoms with Crippen molar-refractivity contribution in [3.05, 3.63) is 0 Å². The second-order valence-corrected chi connectivity index (χ2v) is 5.88. The Morgan fingerprint density at radius 1 is 1.25 bits per heavy atom. The zero-order chi connectivity index (χ0) is 13.0. The molecule has 0 aromatic rings. The van der Waals surface area contributed by atoms with Crippen LogP contribution < -0.4 is 11.1 Å². The highest BCUT2D eigenvalue weighted by Gasteiger charge is 2.32. The number of thiocarbonyl (C=S) groups is 1. The second-order valence-electron chi connectivity index (χ2n) is 5.44. The molecule has 94 valence electrons. The molecule has 0 saturated heterocycles. The van der Waals surface area contributed by atoms with Crippen molar-refractivity contribution >= 4 is 23.1 Å². The molecule has 0 heterocycles. The van der Waals surface area contributed by atoms with Gasteiger partial charge in [0, 0.05) is 6.42 Å². The molecular weight excluding hydrogens is 220 g/mol. The lowest BCUT2D eigenvalue weighted by Gasteiger charge is -2.33. The Hall–Kier alpha value is -0.640. The molecule has 0 radical (unpaired) electrons. The van der Waals surface area contributed by atoms with Crippen LogP contribution in [0.3, 0.4) is 0 Å². The molecule has 0 aromatic heterocycles. The summed E-state index contributed by atoms with van der Waals surface area (Å²) in [5.41, 5.74) is 5.18. The average Bonchev–Trinajstić information content (AvgIpc) is 2.10. The predicted molar refractivity (Wildman–Crippen MR) is 72.3 cm³/mol. The zero-order valence-electron chi connectivity index (χ0n) is 11.0. The molecular formula is C12H24N2OS. The smallest absolute Gasteiger partial charge is 0.221 e. The van der Waals surface area contributed by atoms with E-state index in [1.54, 1.807) is 0 Å². The first-order valence-corrected chi connectivity index (χ1v) is 6.18. The lowest BCUT2D eigenvalue weighted by Crippen LogP contribution is -2.56.